The van der Waals surface area contributed by atoms with Gasteiger partial charge in [-0.2, -0.15) is 0 Å². The van der Waals surface area contributed by atoms with Crippen LogP contribution in [-0.4, -0.2) is 38.3 Å². The minimum Gasteiger partial charge on any atom is -0.493 e. The van der Waals surface area contributed by atoms with Crippen molar-refractivity contribution in [2.24, 2.45) is 0 Å². The molecule has 4 heteroatoms. The van der Waals surface area contributed by atoms with Gasteiger partial charge in [-0.3, -0.25) is 4.90 Å². The molecule has 0 aliphatic carbocycles. The van der Waals surface area contributed by atoms with E-state index in [0.29, 0.717) is 17.8 Å². The first kappa shape index (κ1) is 18.9. The third-order valence-corrected chi connectivity index (χ3v) is 6.02. The minimum absolute atomic E-state index is 0.488. The summed E-state index contributed by atoms with van der Waals surface area (Å²) in [6.07, 6.45) is 7.29. The number of methoxy groups -OCH3 is 3. The van der Waals surface area contributed by atoms with Gasteiger partial charge in [-0.05, 0) is 48.1 Å². The van der Waals surface area contributed by atoms with Crippen molar-refractivity contribution in [1.82, 2.24) is 4.90 Å². The second-order valence-electron chi connectivity index (χ2n) is 7.62. The number of piperidine rings is 1. The SMILES string of the molecule is COc1cc(C2=CC3CCCC(C2)N3Cc2ccccc2)cc(OC)c1OC. The molecule has 2 aromatic rings. The Balaban J connectivity index is 1.65. The van der Waals surface area contributed by atoms with Crippen molar-refractivity contribution >= 4 is 5.57 Å². The fourth-order valence-electron chi connectivity index (χ4n) is 4.64. The van der Waals surface area contributed by atoms with Gasteiger partial charge in [0.15, 0.2) is 11.5 Å². The van der Waals surface area contributed by atoms with E-state index in [-0.39, 0.29) is 0 Å². The van der Waals surface area contributed by atoms with E-state index in [4.69, 9.17) is 14.2 Å². The standard InChI is InChI=1S/C24H29NO3/c1-26-22-14-19(15-23(27-2)24(22)28-3)18-12-20-10-7-11-21(13-18)25(20)16-17-8-5-4-6-9-17/h4-6,8-9,12,14-15,20-21H,7,10-11,13,16H2,1-3H3. The second-order valence-corrected chi connectivity index (χ2v) is 7.62. The summed E-state index contributed by atoms with van der Waals surface area (Å²) in [5, 5.41) is 0. The molecule has 2 atom stereocenters. The van der Waals surface area contributed by atoms with Crippen molar-refractivity contribution in [2.75, 3.05) is 21.3 Å². The van der Waals surface area contributed by atoms with E-state index >= 15 is 0 Å². The molecule has 2 aliphatic heterocycles. The Morgan fingerprint density at radius 1 is 0.929 bits per heavy atom. The zero-order valence-corrected chi connectivity index (χ0v) is 17.0. The maximum Gasteiger partial charge on any atom is 0.203 e. The van der Waals surface area contributed by atoms with Crippen LogP contribution in [0.2, 0.25) is 0 Å². The molecular formula is C24H29NO3. The van der Waals surface area contributed by atoms with Crippen LogP contribution in [0.15, 0.2) is 48.5 Å². The number of hydrogen-bond donors (Lipinski definition) is 0. The molecule has 2 aliphatic rings. The van der Waals surface area contributed by atoms with Gasteiger partial charge in [-0.15, -0.1) is 0 Å². The van der Waals surface area contributed by atoms with Crippen molar-refractivity contribution in [3.63, 3.8) is 0 Å². The summed E-state index contributed by atoms with van der Waals surface area (Å²) in [6, 6.07) is 16.0. The largest absolute Gasteiger partial charge is 0.493 e. The molecule has 0 radical (unpaired) electrons. The van der Waals surface area contributed by atoms with E-state index in [2.05, 4.69) is 53.4 Å². The van der Waals surface area contributed by atoms with Gasteiger partial charge in [0.25, 0.3) is 0 Å². The quantitative estimate of drug-likeness (QED) is 0.713. The van der Waals surface area contributed by atoms with E-state index in [1.165, 1.54) is 36.0 Å². The highest BCUT2D eigenvalue weighted by Gasteiger charge is 2.34. The van der Waals surface area contributed by atoms with Gasteiger partial charge in [0.2, 0.25) is 5.75 Å². The third kappa shape index (κ3) is 3.61. The van der Waals surface area contributed by atoms with Crippen LogP contribution in [0.1, 0.15) is 36.8 Å². The van der Waals surface area contributed by atoms with Crippen molar-refractivity contribution < 1.29 is 14.2 Å². The fourth-order valence-corrected chi connectivity index (χ4v) is 4.64. The molecule has 0 aromatic heterocycles. The van der Waals surface area contributed by atoms with E-state index in [1.54, 1.807) is 21.3 Å². The van der Waals surface area contributed by atoms with Crippen LogP contribution in [-0.2, 0) is 6.54 Å². The number of nitrogens with zero attached hydrogens (tertiary/aromatic N) is 1. The maximum atomic E-state index is 5.56. The lowest BCUT2D eigenvalue weighted by Gasteiger charge is -2.45. The summed E-state index contributed by atoms with van der Waals surface area (Å²) in [6.45, 7) is 1.02. The van der Waals surface area contributed by atoms with Gasteiger partial charge < -0.3 is 14.2 Å². The van der Waals surface area contributed by atoms with Crippen LogP contribution in [0.3, 0.4) is 0 Å². The number of rotatable bonds is 6. The van der Waals surface area contributed by atoms with Gasteiger partial charge >= 0.3 is 0 Å². The maximum absolute atomic E-state index is 5.56. The average Bonchev–Trinajstić information content (AvgIpc) is 2.73. The van der Waals surface area contributed by atoms with Crippen LogP contribution in [0.5, 0.6) is 17.2 Å². The van der Waals surface area contributed by atoms with Crippen LogP contribution in [0, 0.1) is 0 Å². The highest BCUT2D eigenvalue weighted by molar-refractivity contribution is 5.72. The van der Waals surface area contributed by atoms with Crippen molar-refractivity contribution in [1.29, 1.82) is 0 Å². The molecule has 2 unspecified atom stereocenters. The van der Waals surface area contributed by atoms with Crippen molar-refractivity contribution in [3.05, 3.63) is 59.7 Å². The molecular weight excluding hydrogens is 350 g/mol. The highest BCUT2D eigenvalue weighted by atomic mass is 16.5. The van der Waals surface area contributed by atoms with Crippen LogP contribution in [0.25, 0.3) is 5.57 Å². The number of fused-ring (bicyclic) bond motifs is 2. The first-order valence-corrected chi connectivity index (χ1v) is 10.0. The number of benzene rings is 2. The van der Waals surface area contributed by atoms with Gasteiger partial charge in [0.1, 0.15) is 0 Å². The predicted molar refractivity (Wildman–Crippen MR) is 112 cm³/mol. The molecule has 0 saturated carbocycles. The van der Waals surface area contributed by atoms with E-state index in [9.17, 15) is 0 Å². The topological polar surface area (TPSA) is 30.9 Å². The molecule has 2 bridgehead atoms. The van der Waals surface area contributed by atoms with Gasteiger partial charge in [-0.1, -0.05) is 42.8 Å². The Kier molecular flexibility index (Phi) is 5.58. The molecule has 4 nitrogen and oxygen atoms in total. The normalized spacial score (nSPS) is 21.8. The molecule has 4 rings (SSSR count). The predicted octanol–water partition coefficient (Wildman–Crippen LogP) is 4.92. The molecule has 148 valence electrons. The van der Waals surface area contributed by atoms with Crippen LogP contribution < -0.4 is 14.2 Å². The van der Waals surface area contributed by atoms with E-state index in [1.807, 2.05) is 0 Å². The summed E-state index contributed by atoms with van der Waals surface area (Å²) in [4.78, 5) is 2.68. The molecule has 0 N–H and O–H groups in total. The lowest BCUT2D eigenvalue weighted by Crippen LogP contribution is -2.47. The van der Waals surface area contributed by atoms with E-state index < -0.39 is 0 Å². The van der Waals surface area contributed by atoms with Gasteiger partial charge in [-0.25, -0.2) is 0 Å². The zero-order valence-electron chi connectivity index (χ0n) is 17.0. The lowest BCUT2D eigenvalue weighted by atomic mass is 9.82. The van der Waals surface area contributed by atoms with Crippen molar-refractivity contribution in [3.8, 4) is 17.2 Å². The summed E-state index contributed by atoms with van der Waals surface area (Å²) in [5.74, 6) is 2.08. The minimum atomic E-state index is 0.488. The van der Waals surface area contributed by atoms with Crippen LogP contribution >= 0.6 is 0 Å². The Morgan fingerprint density at radius 3 is 2.25 bits per heavy atom. The Morgan fingerprint density at radius 2 is 1.64 bits per heavy atom. The first-order valence-electron chi connectivity index (χ1n) is 10.0. The first-order chi connectivity index (χ1) is 13.7. The number of ether oxygens (including phenoxy) is 3. The molecule has 2 heterocycles. The molecule has 1 fully saturated rings. The summed E-state index contributed by atoms with van der Waals surface area (Å²) in [5.41, 5.74) is 3.95. The molecule has 0 amide bonds. The smallest absolute Gasteiger partial charge is 0.203 e. The van der Waals surface area contributed by atoms with Crippen LogP contribution in [0.4, 0.5) is 0 Å². The van der Waals surface area contributed by atoms with E-state index in [0.717, 1.165) is 24.5 Å². The average molecular weight is 380 g/mol. The van der Waals surface area contributed by atoms with Gasteiger partial charge in [0.05, 0.1) is 21.3 Å². The van der Waals surface area contributed by atoms with Crippen molar-refractivity contribution in [2.45, 2.75) is 44.3 Å². The molecule has 0 spiro atoms. The molecule has 2 aromatic carbocycles. The fraction of sp³-hybridized carbons (Fsp3) is 0.417. The third-order valence-electron chi connectivity index (χ3n) is 6.02. The molecule has 28 heavy (non-hydrogen) atoms. The molecule has 1 saturated heterocycles. The van der Waals surface area contributed by atoms with Gasteiger partial charge in [0, 0.05) is 18.6 Å². The lowest BCUT2D eigenvalue weighted by molar-refractivity contribution is 0.0951. The number of hydrogen-bond acceptors (Lipinski definition) is 4. The summed E-state index contributed by atoms with van der Waals surface area (Å²) in [7, 11) is 4.99. The Labute approximate surface area is 167 Å². The highest BCUT2D eigenvalue weighted by Crippen LogP contribution is 2.43. The Hall–Kier alpha value is -2.46. The summed E-state index contributed by atoms with van der Waals surface area (Å²) < 4.78 is 16.6. The zero-order chi connectivity index (χ0) is 19.5. The monoisotopic (exact) mass is 379 g/mol. The summed E-state index contributed by atoms with van der Waals surface area (Å²) >= 11 is 0. The Bertz CT molecular complexity index is 821. The second kappa shape index (κ2) is 8.27.